The lowest BCUT2D eigenvalue weighted by Gasteiger charge is -2.32. The van der Waals surface area contributed by atoms with Gasteiger partial charge in [-0.2, -0.15) is 0 Å². The molecule has 2 amide bonds. The summed E-state index contributed by atoms with van der Waals surface area (Å²) in [5, 5.41) is 3.03. The molecule has 0 bridgehead atoms. The molecule has 24 heavy (non-hydrogen) atoms. The summed E-state index contributed by atoms with van der Waals surface area (Å²) in [6.07, 6.45) is 2.75. The summed E-state index contributed by atoms with van der Waals surface area (Å²) in [6, 6.07) is 7.74. The van der Waals surface area contributed by atoms with Crippen LogP contribution < -0.4 is 5.32 Å². The Morgan fingerprint density at radius 1 is 1.12 bits per heavy atom. The molecule has 0 aliphatic carbocycles. The number of hydrogen-bond acceptors (Lipinski definition) is 2. The van der Waals surface area contributed by atoms with E-state index in [0.717, 1.165) is 24.0 Å². The quantitative estimate of drug-likeness (QED) is 0.747. The highest BCUT2D eigenvalue weighted by Gasteiger charge is 2.28. The van der Waals surface area contributed by atoms with Crippen LogP contribution >= 0.6 is 0 Å². The van der Waals surface area contributed by atoms with Crippen LogP contribution in [0.4, 0.5) is 0 Å². The zero-order valence-corrected chi connectivity index (χ0v) is 15.8. The summed E-state index contributed by atoms with van der Waals surface area (Å²) in [5.74, 6) is -0.00297. The molecule has 1 rings (SSSR count). The molecule has 2 atom stereocenters. The average Bonchev–Trinajstić information content (AvgIpc) is 2.56. The zero-order valence-electron chi connectivity index (χ0n) is 15.8. The van der Waals surface area contributed by atoms with E-state index in [4.69, 9.17) is 0 Å². The van der Waals surface area contributed by atoms with Gasteiger partial charge in [0.25, 0.3) is 0 Å². The van der Waals surface area contributed by atoms with Crippen molar-refractivity contribution in [1.82, 2.24) is 10.2 Å². The molecule has 0 heterocycles. The summed E-state index contributed by atoms with van der Waals surface area (Å²) in [6.45, 7) is 10.5. The Balaban J connectivity index is 3.04. The Kier molecular flexibility index (Phi) is 8.51. The first-order valence-corrected chi connectivity index (χ1v) is 9.08. The van der Waals surface area contributed by atoms with Crippen LogP contribution in [0.5, 0.6) is 0 Å². The van der Waals surface area contributed by atoms with Crippen LogP contribution in [0.25, 0.3) is 0 Å². The lowest BCUT2D eigenvalue weighted by Crippen LogP contribution is -2.50. The van der Waals surface area contributed by atoms with E-state index in [2.05, 4.69) is 5.32 Å². The fraction of sp³-hybridized carbons (Fsp3) is 0.600. The Bertz CT molecular complexity index is 542. The highest BCUT2D eigenvalue weighted by Crippen LogP contribution is 2.17. The second-order valence-corrected chi connectivity index (χ2v) is 6.44. The van der Waals surface area contributed by atoms with Crippen LogP contribution in [0.1, 0.15) is 64.5 Å². The van der Waals surface area contributed by atoms with Crippen LogP contribution in [-0.4, -0.2) is 28.8 Å². The van der Waals surface area contributed by atoms with E-state index in [1.165, 1.54) is 0 Å². The number of benzene rings is 1. The van der Waals surface area contributed by atoms with Gasteiger partial charge in [-0.25, -0.2) is 0 Å². The number of aryl methyl sites for hydroxylation is 1. The molecule has 1 aromatic carbocycles. The van der Waals surface area contributed by atoms with Crippen LogP contribution in [0.2, 0.25) is 0 Å². The zero-order chi connectivity index (χ0) is 18.1. The number of carbonyl (C=O) groups is 2. The largest absolute Gasteiger partial charge is 0.352 e. The van der Waals surface area contributed by atoms with Gasteiger partial charge in [-0.3, -0.25) is 9.59 Å². The molecule has 0 aliphatic heterocycles. The molecule has 134 valence electrons. The molecule has 0 spiro atoms. The third-order valence-corrected chi connectivity index (χ3v) is 4.45. The normalized spacial score (nSPS) is 13.2. The average molecular weight is 332 g/mol. The summed E-state index contributed by atoms with van der Waals surface area (Å²) in [4.78, 5) is 27.1. The van der Waals surface area contributed by atoms with Gasteiger partial charge in [0.2, 0.25) is 11.8 Å². The molecule has 0 fully saturated rings. The second kappa shape index (κ2) is 10.1. The van der Waals surface area contributed by atoms with Crippen molar-refractivity contribution < 1.29 is 9.59 Å². The van der Waals surface area contributed by atoms with Gasteiger partial charge in [0.15, 0.2) is 0 Å². The number of nitrogens with zero attached hydrogens (tertiary/aromatic N) is 1. The topological polar surface area (TPSA) is 49.4 Å². The van der Waals surface area contributed by atoms with Gasteiger partial charge in [-0.05, 0) is 44.2 Å². The van der Waals surface area contributed by atoms with Crippen molar-refractivity contribution in [3.8, 4) is 0 Å². The first kappa shape index (κ1) is 20.2. The number of amides is 2. The van der Waals surface area contributed by atoms with Crippen LogP contribution in [0.3, 0.4) is 0 Å². The van der Waals surface area contributed by atoms with Gasteiger partial charge in [0, 0.05) is 19.0 Å². The maximum atomic E-state index is 12.7. The maximum absolute atomic E-state index is 12.7. The van der Waals surface area contributed by atoms with Crippen molar-refractivity contribution in [2.45, 2.75) is 78.9 Å². The Labute approximate surface area is 146 Å². The number of carbonyl (C=O) groups excluding carboxylic acids is 2. The predicted molar refractivity (Wildman–Crippen MR) is 98.6 cm³/mol. The lowest BCUT2D eigenvalue weighted by atomic mass is 10.0. The minimum absolute atomic E-state index is 0.0481. The van der Waals surface area contributed by atoms with Gasteiger partial charge < -0.3 is 10.2 Å². The van der Waals surface area contributed by atoms with Gasteiger partial charge in [0.05, 0.1) is 0 Å². The Morgan fingerprint density at radius 3 is 2.33 bits per heavy atom. The fourth-order valence-corrected chi connectivity index (χ4v) is 2.69. The van der Waals surface area contributed by atoms with E-state index in [1.807, 2.05) is 58.9 Å². The number of rotatable bonds is 9. The summed E-state index contributed by atoms with van der Waals surface area (Å²) in [5.41, 5.74) is 2.24. The third-order valence-electron chi connectivity index (χ3n) is 4.45. The first-order chi connectivity index (χ1) is 11.4. The van der Waals surface area contributed by atoms with E-state index in [9.17, 15) is 9.59 Å². The highest BCUT2D eigenvalue weighted by molar-refractivity contribution is 5.87. The van der Waals surface area contributed by atoms with Crippen molar-refractivity contribution >= 4 is 11.8 Å². The van der Waals surface area contributed by atoms with Crippen molar-refractivity contribution in [1.29, 1.82) is 0 Å². The van der Waals surface area contributed by atoms with Crippen LogP contribution in [0.15, 0.2) is 24.3 Å². The summed E-state index contributed by atoms with van der Waals surface area (Å²) in [7, 11) is 0. The summed E-state index contributed by atoms with van der Waals surface area (Å²) < 4.78 is 0. The van der Waals surface area contributed by atoms with Crippen LogP contribution in [-0.2, 0) is 16.1 Å². The molecular weight excluding hydrogens is 300 g/mol. The van der Waals surface area contributed by atoms with E-state index in [1.54, 1.807) is 4.90 Å². The highest BCUT2D eigenvalue weighted by atomic mass is 16.2. The fourth-order valence-electron chi connectivity index (χ4n) is 2.69. The van der Waals surface area contributed by atoms with E-state index >= 15 is 0 Å². The molecule has 0 radical (unpaired) electrons. The standard InChI is InChI=1S/C20H32N2O2/c1-6-11-19(23)22(14-17-13-10-9-12-15(17)4)18(8-3)20(24)21-16(5)7-2/h9-10,12-13,16,18H,6-8,11,14H2,1-5H3,(H,21,24). The monoisotopic (exact) mass is 332 g/mol. The molecular formula is C20H32N2O2. The third kappa shape index (κ3) is 5.66. The van der Waals surface area contributed by atoms with Crippen molar-refractivity contribution in [3.63, 3.8) is 0 Å². The molecule has 1 N–H and O–H groups in total. The van der Waals surface area contributed by atoms with Gasteiger partial charge in [0.1, 0.15) is 6.04 Å². The molecule has 0 aromatic heterocycles. The SMILES string of the molecule is CCCC(=O)N(Cc1ccccc1C)C(CC)C(=O)NC(C)CC. The Hall–Kier alpha value is -1.84. The van der Waals surface area contributed by atoms with E-state index < -0.39 is 6.04 Å². The minimum atomic E-state index is -0.419. The van der Waals surface area contributed by atoms with Gasteiger partial charge in [-0.1, -0.05) is 45.0 Å². The minimum Gasteiger partial charge on any atom is -0.352 e. The first-order valence-electron chi connectivity index (χ1n) is 9.08. The van der Waals surface area contributed by atoms with Crippen molar-refractivity contribution in [2.24, 2.45) is 0 Å². The number of nitrogens with one attached hydrogen (secondary N) is 1. The summed E-state index contributed by atoms with van der Waals surface area (Å²) >= 11 is 0. The van der Waals surface area contributed by atoms with E-state index in [0.29, 0.717) is 19.4 Å². The molecule has 0 aliphatic rings. The van der Waals surface area contributed by atoms with Crippen LogP contribution in [0, 0.1) is 6.92 Å². The smallest absolute Gasteiger partial charge is 0.243 e. The van der Waals surface area contributed by atoms with Gasteiger partial charge in [-0.15, -0.1) is 0 Å². The molecule has 2 unspecified atom stereocenters. The number of hydrogen-bond donors (Lipinski definition) is 1. The second-order valence-electron chi connectivity index (χ2n) is 6.44. The van der Waals surface area contributed by atoms with Crippen molar-refractivity contribution in [3.05, 3.63) is 35.4 Å². The van der Waals surface area contributed by atoms with Gasteiger partial charge >= 0.3 is 0 Å². The Morgan fingerprint density at radius 2 is 1.79 bits per heavy atom. The predicted octanol–water partition coefficient (Wildman–Crippen LogP) is 3.82. The molecule has 0 saturated heterocycles. The molecule has 0 saturated carbocycles. The molecule has 4 nitrogen and oxygen atoms in total. The lowest BCUT2D eigenvalue weighted by molar-refractivity contribution is -0.141. The molecule has 4 heteroatoms. The molecule has 1 aromatic rings. The maximum Gasteiger partial charge on any atom is 0.243 e. The van der Waals surface area contributed by atoms with Crippen molar-refractivity contribution in [2.75, 3.05) is 0 Å². The van der Waals surface area contributed by atoms with E-state index in [-0.39, 0.29) is 17.9 Å².